The molecule has 0 spiro atoms. The van der Waals surface area contributed by atoms with Crippen molar-refractivity contribution >= 4 is 17.0 Å². The van der Waals surface area contributed by atoms with Crippen LogP contribution in [0.3, 0.4) is 0 Å². The molecule has 2 heterocycles. The Balaban J connectivity index is 2.64. The van der Waals surface area contributed by atoms with Crippen LogP contribution in [0, 0.1) is 11.8 Å². The molecule has 0 unspecified atom stereocenters. The van der Waals surface area contributed by atoms with Gasteiger partial charge in [0, 0.05) is 6.20 Å². The fourth-order valence-electron chi connectivity index (χ4n) is 1.65. The molecular formula is C14H12N2O3. The van der Waals surface area contributed by atoms with Crippen LogP contribution in [0.15, 0.2) is 23.1 Å². The van der Waals surface area contributed by atoms with Gasteiger partial charge in [-0.15, -0.1) is 0 Å². The SMILES string of the molecule is CC#Cc1ccc2[nH]cc(C(=O)OCC)c(=O)c2n1. The van der Waals surface area contributed by atoms with Crippen LogP contribution in [0.1, 0.15) is 29.9 Å². The number of rotatable bonds is 2. The van der Waals surface area contributed by atoms with Crippen molar-refractivity contribution in [3.05, 3.63) is 39.8 Å². The molecule has 0 radical (unpaired) electrons. The Kier molecular flexibility index (Phi) is 3.62. The zero-order chi connectivity index (χ0) is 13.8. The Morgan fingerprint density at radius 2 is 2.26 bits per heavy atom. The number of pyridine rings is 2. The number of carbonyl (C=O) groups is 1. The van der Waals surface area contributed by atoms with Gasteiger partial charge in [-0.2, -0.15) is 0 Å². The lowest BCUT2D eigenvalue weighted by Crippen LogP contribution is -2.19. The summed E-state index contributed by atoms with van der Waals surface area (Å²) in [6.07, 6.45) is 1.34. The molecular weight excluding hydrogens is 244 g/mol. The molecule has 19 heavy (non-hydrogen) atoms. The van der Waals surface area contributed by atoms with Gasteiger partial charge in [-0.05, 0) is 31.9 Å². The minimum Gasteiger partial charge on any atom is -0.462 e. The molecule has 5 nitrogen and oxygen atoms in total. The van der Waals surface area contributed by atoms with Crippen molar-refractivity contribution in [3.8, 4) is 11.8 Å². The number of fused-ring (bicyclic) bond motifs is 1. The number of hydrogen-bond donors (Lipinski definition) is 1. The van der Waals surface area contributed by atoms with Gasteiger partial charge in [0.2, 0.25) is 5.43 Å². The number of esters is 1. The summed E-state index contributed by atoms with van der Waals surface area (Å²) < 4.78 is 4.82. The number of aromatic nitrogens is 2. The second-order valence-electron chi connectivity index (χ2n) is 3.72. The van der Waals surface area contributed by atoms with E-state index in [2.05, 4.69) is 21.8 Å². The number of hydrogen-bond acceptors (Lipinski definition) is 4. The van der Waals surface area contributed by atoms with Gasteiger partial charge in [0.25, 0.3) is 0 Å². The normalized spacial score (nSPS) is 9.79. The first-order valence-electron chi connectivity index (χ1n) is 5.79. The van der Waals surface area contributed by atoms with Gasteiger partial charge in [0.1, 0.15) is 16.8 Å². The van der Waals surface area contributed by atoms with Gasteiger partial charge in [-0.3, -0.25) is 4.79 Å². The molecule has 0 aromatic carbocycles. The van der Waals surface area contributed by atoms with E-state index in [0.29, 0.717) is 11.2 Å². The maximum absolute atomic E-state index is 12.2. The van der Waals surface area contributed by atoms with E-state index in [9.17, 15) is 9.59 Å². The molecule has 0 aliphatic carbocycles. The van der Waals surface area contributed by atoms with E-state index in [1.165, 1.54) is 6.20 Å². The highest BCUT2D eigenvalue weighted by molar-refractivity contribution is 5.92. The van der Waals surface area contributed by atoms with Crippen molar-refractivity contribution in [1.82, 2.24) is 9.97 Å². The quantitative estimate of drug-likeness (QED) is 0.652. The lowest BCUT2D eigenvalue weighted by Gasteiger charge is -2.03. The van der Waals surface area contributed by atoms with Gasteiger partial charge >= 0.3 is 5.97 Å². The first-order chi connectivity index (χ1) is 9.17. The summed E-state index contributed by atoms with van der Waals surface area (Å²) in [7, 11) is 0. The molecule has 0 bridgehead atoms. The molecule has 2 rings (SSSR count). The number of nitrogens with zero attached hydrogens (tertiary/aromatic N) is 1. The molecule has 0 aliphatic rings. The first-order valence-corrected chi connectivity index (χ1v) is 5.79. The Morgan fingerprint density at radius 1 is 1.47 bits per heavy atom. The van der Waals surface area contributed by atoms with Crippen LogP contribution in [0.4, 0.5) is 0 Å². The van der Waals surface area contributed by atoms with Gasteiger partial charge < -0.3 is 9.72 Å². The lowest BCUT2D eigenvalue weighted by atomic mass is 10.2. The zero-order valence-electron chi connectivity index (χ0n) is 10.6. The van der Waals surface area contributed by atoms with Crippen LogP contribution in [-0.2, 0) is 4.74 Å². The Bertz CT molecular complexity index is 751. The summed E-state index contributed by atoms with van der Waals surface area (Å²) in [6, 6.07) is 3.41. The monoisotopic (exact) mass is 256 g/mol. The molecule has 2 aromatic rings. The maximum Gasteiger partial charge on any atom is 0.343 e. The average molecular weight is 256 g/mol. The smallest absolute Gasteiger partial charge is 0.343 e. The number of ether oxygens (including phenoxy) is 1. The van der Waals surface area contributed by atoms with Gasteiger partial charge in [-0.1, -0.05) is 5.92 Å². The predicted octanol–water partition coefficient (Wildman–Crippen LogP) is 1.47. The summed E-state index contributed by atoms with van der Waals surface area (Å²) >= 11 is 0. The van der Waals surface area contributed by atoms with E-state index in [1.807, 2.05) is 0 Å². The van der Waals surface area contributed by atoms with Gasteiger partial charge in [-0.25, -0.2) is 9.78 Å². The summed E-state index contributed by atoms with van der Waals surface area (Å²) in [5.41, 5.74) is 0.724. The van der Waals surface area contributed by atoms with Crippen molar-refractivity contribution in [2.45, 2.75) is 13.8 Å². The van der Waals surface area contributed by atoms with E-state index >= 15 is 0 Å². The largest absolute Gasteiger partial charge is 0.462 e. The zero-order valence-corrected chi connectivity index (χ0v) is 10.6. The molecule has 0 fully saturated rings. The van der Waals surface area contributed by atoms with Crippen LogP contribution >= 0.6 is 0 Å². The second kappa shape index (κ2) is 5.36. The second-order valence-corrected chi connectivity index (χ2v) is 3.72. The summed E-state index contributed by atoms with van der Waals surface area (Å²) in [5.74, 6) is 4.83. The summed E-state index contributed by atoms with van der Waals surface area (Å²) in [5, 5.41) is 0. The molecule has 1 N–H and O–H groups in total. The van der Waals surface area contributed by atoms with Gasteiger partial charge in [0.15, 0.2) is 0 Å². The molecule has 2 aromatic heterocycles. The fraction of sp³-hybridized carbons (Fsp3) is 0.214. The minimum absolute atomic E-state index is 0.0524. The number of H-pyrrole nitrogens is 1. The predicted molar refractivity (Wildman–Crippen MR) is 70.9 cm³/mol. The van der Waals surface area contributed by atoms with E-state index in [-0.39, 0.29) is 17.7 Å². The van der Waals surface area contributed by atoms with E-state index < -0.39 is 11.4 Å². The topological polar surface area (TPSA) is 72.1 Å². The van der Waals surface area contributed by atoms with Crippen LogP contribution in [0.2, 0.25) is 0 Å². The van der Waals surface area contributed by atoms with Crippen LogP contribution in [-0.4, -0.2) is 22.5 Å². The maximum atomic E-state index is 12.2. The van der Waals surface area contributed by atoms with Crippen LogP contribution in [0.5, 0.6) is 0 Å². The molecule has 96 valence electrons. The van der Waals surface area contributed by atoms with Crippen LogP contribution < -0.4 is 5.43 Å². The lowest BCUT2D eigenvalue weighted by molar-refractivity contribution is 0.0524. The van der Waals surface area contributed by atoms with Crippen molar-refractivity contribution in [2.75, 3.05) is 6.61 Å². The highest BCUT2D eigenvalue weighted by Gasteiger charge is 2.14. The first kappa shape index (κ1) is 12.8. The number of aromatic amines is 1. The summed E-state index contributed by atoms with van der Waals surface area (Å²) in [6.45, 7) is 3.58. The number of carbonyl (C=O) groups excluding carboxylic acids is 1. The molecule has 0 saturated carbocycles. The Hall–Kier alpha value is -2.61. The van der Waals surface area contributed by atoms with Crippen LogP contribution in [0.25, 0.3) is 11.0 Å². The molecule has 5 heteroatoms. The average Bonchev–Trinajstić information content (AvgIpc) is 2.40. The third-order valence-corrected chi connectivity index (χ3v) is 2.48. The van der Waals surface area contributed by atoms with E-state index in [4.69, 9.17) is 4.74 Å². The highest BCUT2D eigenvalue weighted by Crippen LogP contribution is 2.07. The summed E-state index contributed by atoms with van der Waals surface area (Å²) in [4.78, 5) is 30.8. The van der Waals surface area contributed by atoms with Crippen molar-refractivity contribution in [2.24, 2.45) is 0 Å². The highest BCUT2D eigenvalue weighted by atomic mass is 16.5. The molecule has 0 atom stereocenters. The van der Waals surface area contributed by atoms with Gasteiger partial charge in [0.05, 0.1) is 12.1 Å². The van der Waals surface area contributed by atoms with E-state index in [1.54, 1.807) is 26.0 Å². The van der Waals surface area contributed by atoms with Crippen molar-refractivity contribution in [3.63, 3.8) is 0 Å². The number of nitrogens with one attached hydrogen (secondary N) is 1. The molecule has 0 saturated heterocycles. The Labute approximate surface area is 109 Å². The minimum atomic E-state index is -0.653. The third kappa shape index (κ3) is 2.47. The molecule has 0 aliphatic heterocycles. The van der Waals surface area contributed by atoms with E-state index in [0.717, 1.165) is 0 Å². The standard InChI is InChI=1S/C14H12N2O3/c1-3-5-9-6-7-11-12(16-9)13(17)10(8-15-11)14(18)19-4-2/h6-8H,4H2,1-2H3,(H,15,17). The van der Waals surface area contributed by atoms with Crippen molar-refractivity contribution in [1.29, 1.82) is 0 Å². The third-order valence-electron chi connectivity index (χ3n) is 2.48. The fourth-order valence-corrected chi connectivity index (χ4v) is 1.65. The van der Waals surface area contributed by atoms with Crippen molar-refractivity contribution < 1.29 is 9.53 Å². The Morgan fingerprint density at radius 3 is 2.95 bits per heavy atom. The molecule has 0 amide bonds.